The summed E-state index contributed by atoms with van der Waals surface area (Å²) in [5, 5.41) is 11.8. The highest BCUT2D eigenvalue weighted by atomic mass is 16.5. The van der Waals surface area contributed by atoms with Crippen LogP contribution in [0.5, 0.6) is 5.75 Å². The Labute approximate surface area is 223 Å². The molecule has 1 fully saturated rings. The number of likely N-dealkylation sites (tertiary alicyclic amines) is 1. The second-order valence-corrected chi connectivity index (χ2v) is 10.8. The molecule has 2 unspecified atom stereocenters. The van der Waals surface area contributed by atoms with Crippen molar-refractivity contribution in [1.29, 1.82) is 5.41 Å². The molecule has 0 saturated carbocycles. The standard InChI is InChI=1S/C31H35N5O2/c1-19-17-35-31(37)26-11-8-23(16-28(26)38-19)29(32)27-15-24(18-34-30(27)33)22-5-4-20-6-9-25(10-7-21(20)14-22)36-12-2-3-13-36/h4-5,8,11,14-16,18-19,25,32H,2-3,6-7,9-10,12-13,17H2,1H3,(H2,33,34)(H,35,37). The lowest BCUT2D eigenvalue weighted by Gasteiger charge is -2.26. The summed E-state index contributed by atoms with van der Waals surface area (Å²) in [5.74, 6) is 0.625. The Bertz CT molecular complexity index is 1400. The van der Waals surface area contributed by atoms with Gasteiger partial charge in [0.05, 0.1) is 17.8 Å². The van der Waals surface area contributed by atoms with E-state index in [1.54, 1.807) is 24.4 Å². The number of hydrogen-bond acceptors (Lipinski definition) is 6. The summed E-state index contributed by atoms with van der Waals surface area (Å²) in [6.45, 7) is 4.85. The van der Waals surface area contributed by atoms with E-state index in [9.17, 15) is 4.79 Å². The monoisotopic (exact) mass is 509 g/mol. The van der Waals surface area contributed by atoms with Crippen LogP contribution >= 0.6 is 0 Å². The van der Waals surface area contributed by atoms with Crippen molar-refractivity contribution < 1.29 is 9.53 Å². The molecular formula is C31H35N5O2. The first-order valence-corrected chi connectivity index (χ1v) is 13.8. The largest absolute Gasteiger partial charge is 0.488 e. The normalized spacial score (nSPS) is 21.4. The van der Waals surface area contributed by atoms with Gasteiger partial charge in [0.15, 0.2) is 0 Å². The molecule has 7 nitrogen and oxygen atoms in total. The number of nitrogen functional groups attached to an aromatic ring is 1. The molecule has 3 heterocycles. The van der Waals surface area contributed by atoms with Crippen LogP contribution in [0, 0.1) is 5.41 Å². The van der Waals surface area contributed by atoms with Gasteiger partial charge in [0.2, 0.25) is 0 Å². The number of carbonyl (C=O) groups excluding carboxylic acids is 1. The predicted molar refractivity (Wildman–Crippen MR) is 150 cm³/mol. The van der Waals surface area contributed by atoms with Crippen molar-refractivity contribution in [2.45, 2.75) is 57.6 Å². The van der Waals surface area contributed by atoms with Gasteiger partial charge < -0.3 is 20.7 Å². The van der Waals surface area contributed by atoms with E-state index in [0.717, 1.165) is 24.0 Å². The fourth-order valence-electron chi connectivity index (χ4n) is 6.08. The molecule has 3 aliphatic rings. The number of pyridine rings is 1. The van der Waals surface area contributed by atoms with Gasteiger partial charge in [0.25, 0.3) is 5.91 Å². The SMILES string of the molecule is CC1CNC(=O)c2ccc(C(=N)c3cc(-c4ccc5c(c4)CCC(N4CCCC4)CC5)cnc3N)cc2O1. The van der Waals surface area contributed by atoms with Gasteiger partial charge in [0.1, 0.15) is 17.7 Å². The zero-order valence-corrected chi connectivity index (χ0v) is 21.9. The van der Waals surface area contributed by atoms with Gasteiger partial charge in [-0.2, -0.15) is 0 Å². The second kappa shape index (κ2) is 10.2. The third-order valence-electron chi connectivity index (χ3n) is 8.27. The number of carbonyl (C=O) groups is 1. The maximum atomic E-state index is 12.4. The third kappa shape index (κ3) is 4.78. The molecule has 2 aromatic carbocycles. The molecule has 3 aromatic rings. The molecule has 0 radical (unpaired) electrons. The Morgan fingerprint density at radius 1 is 1.05 bits per heavy atom. The molecule has 1 aromatic heterocycles. The summed E-state index contributed by atoms with van der Waals surface area (Å²) in [6.07, 6.45) is 8.98. The first-order valence-electron chi connectivity index (χ1n) is 13.8. The minimum atomic E-state index is -0.166. The van der Waals surface area contributed by atoms with Gasteiger partial charge in [-0.05, 0) is 93.4 Å². The summed E-state index contributed by atoms with van der Waals surface area (Å²) >= 11 is 0. The van der Waals surface area contributed by atoms with E-state index in [-0.39, 0.29) is 17.7 Å². The average Bonchev–Trinajstić information content (AvgIpc) is 3.32. The Morgan fingerprint density at radius 3 is 2.66 bits per heavy atom. The van der Waals surface area contributed by atoms with Crippen LogP contribution in [0.25, 0.3) is 11.1 Å². The molecule has 4 N–H and O–H groups in total. The van der Waals surface area contributed by atoms with Crippen molar-refractivity contribution in [3.05, 3.63) is 76.5 Å². The average molecular weight is 510 g/mol. The second-order valence-electron chi connectivity index (χ2n) is 10.8. The maximum absolute atomic E-state index is 12.4. The van der Waals surface area contributed by atoms with Crippen LogP contribution in [-0.4, -0.2) is 53.3 Å². The van der Waals surface area contributed by atoms with Crippen molar-refractivity contribution >= 4 is 17.4 Å². The van der Waals surface area contributed by atoms with Crippen LogP contribution in [0.3, 0.4) is 0 Å². The fraction of sp³-hybridized carbons (Fsp3) is 0.387. The molecule has 1 saturated heterocycles. The summed E-state index contributed by atoms with van der Waals surface area (Å²) in [6, 6.07) is 14.6. The van der Waals surface area contributed by atoms with Crippen LogP contribution in [-0.2, 0) is 12.8 Å². The molecule has 7 heteroatoms. The lowest BCUT2D eigenvalue weighted by atomic mass is 9.95. The summed E-state index contributed by atoms with van der Waals surface area (Å²) in [5.41, 5.74) is 13.1. The van der Waals surface area contributed by atoms with Gasteiger partial charge in [-0.3, -0.25) is 10.2 Å². The molecule has 2 atom stereocenters. The van der Waals surface area contributed by atoms with E-state index in [0.29, 0.717) is 40.8 Å². The molecule has 6 rings (SSSR count). The molecule has 1 amide bonds. The number of aryl methyl sites for hydroxylation is 2. The van der Waals surface area contributed by atoms with Crippen molar-refractivity contribution in [2.75, 3.05) is 25.4 Å². The number of amides is 1. The smallest absolute Gasteiger partial charge is 0.255 e. The van der Waals surface area contributed by atoms with E-state index in [2.05, 4.69) is 33.4 Å². The topological polar surface area (TPSA) is 104 Å². The zero-order valence-electron chi connectivity index (χ0n) is 21.9. The van der Waals surface area contributed by atoms with Gasteiger partial charge in [-0.1, -0.05) is 24.3 Å². The highest BCUT2D eigenvalue weighted by molar-refractivity contribution is 6.14. The van der Waals surface area contributed by atoms with E-state index in [4.69, 9.17) is 15.9 Å². The molecule has 0 spiro atoms. The molecule has 38 heavy (non-hydrogen) atoms. The number of fused-ring (bicyclic) bond motifs is 2. The minimum absolute atomic E-state index is 0.154. The number of nitrogens with zero attached hydrogens (tertiary/aromatic N) is 2. The molecular weight excluding hydrogens is 474 g/mol. The first kappa shape index (κ1) is 24.6. The Hall–Kier alpha value is -3.71. The minimum Gasteiger partial charge on any atom is -0.488 e. The van der Waals surface area contributed by atoms with E-state index >= 15 is 0 Å². The lowest BCUT2D eigenvalue weighted by Crippen LogP contribution is -2.32. The number of benzene rings is 2. The van der Waals surface area contributed by atoms with E-state index < -0.39 is 0 Å². The molecule has 2 aliphatic heterocycles. The molecule has 1 aliphatic carbocycles. The number of hydrogen-bond donors (Lipinski definition) is 3. The van der Waals surface area contributed by atoms with Gasteiger partial charge in [-0.15, -0.1) is 0 Å². The maximum Gasteiger partial charge on any atom is 0.255 e. The fourth-order valence-corrected chi connectivity index (χ4v) is 6.08. The highest BCUT2D eigenvalue weighted by Gasteiger charge is 2.25. The molecule has 0 bridgehead atoms. The van der Waals surface area contributed by atoms with E-state index in [1.807, 2.05) is 13.0 Å². The van der Waals surface area contributed by atoms with Crippen molar-refractivity contribution in [3.63, 3.8) is 0 Å². The predicted octanol–water partition coefficient (Wildman–Crippen LogP) is 4.60. The van der Waals surface area contributed by atoms with Gasteiger partial charge in [0, 0.05) is 28.9 Å². The Balaban J connectivity index is 1.27. The van der Waals surface area contributed by atoms with Gasteiger partial charge in [-0.25, -0.2) is 4.98 Å². The number of nitrogens with two attached hydrogens (primary N) is 1. The number of aromatic nitrogens is 1. The number of nitrogens with one attached hydrogen (secondary N) is 2. The van der Waals surface area contributed by atoms with Crippen LogP contribution < -0.4 is 15.8 Å². The van der Waals surface area contributed by atoms with E-state index in [1.165, 1.54) is 49.9 Å². The van der Waals surface area contributed by atoms with Crippen LogP contribution in [0.4, 0.5) is 5.82 Å². The van der Waals surface area contributed by atoms with Crippen LogP contribution in [0.15, 0.2) is 48.7 Å². The quantitative estimate of drug-likeness (QED) is 0.352. The van der Waals surface area contributed by atoms with Crippen molar-refractivity contribution in [2.24, 2.45) is 0 Å². The van der Waals surface area contributed by atoms with Crippen molar-refractivity contribution in [1.82, 2.24) is 15.2 Å². The summed E-state index contributed by atoms with van der Waals surface area (Å²) in [7, 11) is 0. The number of ether oxygens (including phenoxy) is 1. The third-order valence-corrected chi connectivity index (χ3v) is 8.27. The molecule has 196 valence electrons. The van der Waals surface area contributed by atoms with Crippen molar-refractivity contribution in [3.8, 4) is 16.9 Å². The zero-order chi connectivity index (χ0) is 26.2. The highest BCUT2D eigenvalue weighted by Crippen LogP contribution is 2.31. The Morgan fingerprint density at radius 2 is 1.84 bits per heavy atom. The first-order chi connectivity index (χ1) is 18.5. The summed E-state index contributed by atoms with van der Waals surface area (Å²) in [4.78, 5) is 19.5. The number of rotatable bonds is 4. The Kier molecular flexibility index (Phi) is 6.62. The van der Waals surface area contributed by atoms with Crippen LogP contribution in [0.1, 0.15) is 65.2 Å². The van der Waals surface area contributed by atoms with Gasteiger partial charge >= 0.3 is 0 Å². The number of anilines is 1. The summed E-state index contributed by atoms with van der Waals surface area (Å²) < 4.78 is 5.95. The lowest BCUT2D eigenvalue weighted by molar-refractivity contribution is 0.0952. The van der Waals surface area contributed by atoms with Crippen LogP contribution in [0.2, 0.25) is 0 Å².